The molecule has 0 bridgehead atoms. The van der Waals surface area contributed by atoms with Crippen LogP contribution in [0, 0.1) is 5.41 Å². The SMILES string of the molecule is COOCC1(CSc2ccc(O)cc2)CCCC1. The first kappa shape index (κ1) is 13.7. The molecule has 1 saturated carbocycles. The lowest BCUT2D eigenvalue weighted by atomic mass is 9.90. The van der Waals surface area contributed by atoms with Crippen LogP contribution in [-0.4, -0.2) is 24.6 Å². The van der Waals surface area contributed by atoms with Gasteiger partial charge in [-0.15, -0.1) is 11.8 Å². The zero-order chi connectivity index (χ0) is 12.8. The lowest BCUT2D eigenvalue weighted by molar-refractivity contribution is -0.287. The molecule has 0 heterocycles. The number of hydrogen-bond donors (Lipinski definition) is 1. The number of hydrogen-bond acceptors (Lipinski definition) is 4. The van der Waals surface area contributed by atoms with Gasteiger partial charge in [-0.1, -0.05) is 12.8 Å². The van der Waals surface area contributed by atoms with E-state index in [9.17, 15) is 5.11 Å². The smallest absolute Gasteiger partial charge is 0.115 e. The molecule has 2 rings (SSSR count). The lowest BCUT2D eigenvalue weighted by Gasteiger charge is -2.27. The van der Waals surface area contributed by atoms with Crippen LogP contribution in [0.2, 0.25) is 0 Å². The Bertz CT molecular complexity index is 358. The van der Waals surface area contributed by atoms with E-state index in [0.717, 1.165) is 5.75 Å². The third-order valence-electron chi connectivity index (χ3n) is 3.53. The minimum absolute atomic E-state index is 0.249. The van der Waals surface area contributed by atoms with Gasteiger partial charge in [-0.25, -0.2) is 9.78 Å². The second kappa shape index (κ2) is 6.45. The average molecular weight is 268 g/mol. The molecule has 0 amide bonds. The molecule has 0 atom stereocenters. The first-order chi connectivity index (χ1) is 8.74. The molecule has 3 nitrogen and oxygen atoms in total. The highest BCUT2D eigenvalue weighted by atomic mass is 32.2. The Labute approximate surface area is 112 Å². The molecule has 1 aliphatic carbocycles. The van der Waals surface area contributed by atoms with E-state index in [2.05, 4.69) is 0 Å². The largest absolute Gasteiger partial charge is 0.508 e. The van der Waals surface area contributed by atoms with Gasteiger partial charge in [-0.2, -0.15) is 0 Å². The predicted octanol–water partition coefficient (Wildman–Crippen LogP) is 3.62. The standard InChI is InChI=1S/C14H20O3S/c1-16-17-10-14(8-2-3-9-14)11-18-13-6-4-12(15)5-7-13/h4-7,15H,2-3,8-11H2,1H3. The number of thioether (sulfide) groups is 1. The molecule has 100 valence electrons. The minimum Gasteiger partial charge on any atom is -0.508 e. The van der Waals surface area contributed by atoms with Gasteiger partial charge in [-0.05, 0) is 37.1 Å². The molecule has 18 heavy (non-hydrogen) atoms. The molecule has 1 aromatic carbocycles. The first-order valence-electron chi connectivity index (χ1n) is 6.32. The van der Waals surface area contributed by atoms with E-state index in [1.54, 1.807) is 19.2 Å². The zero-order valence-electron chi connectivity index (χ0n) is 10.7. The fourth-order valence-electron chi connectivity index (χ4n) is 2.42. The van der Waals surface area contributed by atoms with Gasteiger partial charge in [-0.3, -0.25) is 0 Å². The number of phenolic OH excluding ortho intramolecular Hbond substituents is 1. The van der Waals surface area contributed by atoms with Crippen molar-refractivity contribution in [2.45, 2.75) is 30.6 Å². The molecule has 1 aromatic rings. The molecule has 1 N–H and O–H groups in total. The van der Waals surface area contributed by atoms with Gasteiger partial charge in [0.05, 0.1) is 13.7 Å². The van der Waals surface area contributed by atoms with Crippen molar-refractivity contribution in [3.8, 4) is 5.75 Å². The van der Waals surface area contributed by atoms with E-state index in [0.29, 0.717) is 12.4 Å². The summed E-state index contributed by atoms with van der Waals surface area (Å²) >= 11 is 1.83. The van der Waals surface area contributed by atoms with Crippen molar-refractivity contribution >= 4 is 11.8 Å². The molecular formula is C14H20O3S. The van der Waals surface area contributed by atoms with Crippen molar-refractivity contribution in [3.05, 3.63) is 24.3 Å². The van der Waals surface area contributed by atoms with E-state index >= 15 is 0 Å². The first-order valence-corrected chi connectivity index (χ1v) is 7.30. The van der Waals surface area contributed by atoms with Crippen LogP contribution in [0.3, 0.4) is 0 Å². The Hall–Kier alpha value is -0.710. The summed E-state index contributed by atoms with van der Waals surface area (Å²) < 4.78 is 0. The van der Waals surface area contributed by atoms with Crippen LogP contribution in [0.4, 0.5) is 0 Å². The minimum atomic E-state index is 0.249. The molecule has 1 aliphatic rings. The third-order valence-corrected chi connectivity index (χ3v) is 4.89. The molecule has 1 fully saturated rings. The van der Waals surface area contributed by atoms with Gasteiger partial charge < -0.3 is 5.11 Å². The Morgan fingerprint density at radius 3 is 2.50 bits per heavy atom. The van der Waals surface area contributed by atoms with Crippen LogP contribution in [0.25, 0.3) is 0 Å². The quantitative estimate of drug-likeness (QED) is 0.486. The Morgan fingerprint density at radius 2 is 1.89 bits per heavy atom. The van der Waals surface area contributed by atoms with Crippen molar-refractivity contribution in [3.63, 3.8) is 0 Å². The summed E-state index contributed by atoms with van der Waals surface area (Å²) in [6, 6.07) is 7.38. The monoisotopic (exact) mass is 268 g/mol. The van der Waals surface area contributed by atoms with Crippen molar-refractivity contribution in [2.75, 3.05) is 19.5 Å². The fraction of sp³-hybridized carbons (Fsp3) is 0.571. The fourth-order valence-corrected chi connectivity index (χ4v) is 3.59. The third kappa shape index (κ3) is 3.64. The van der Waals surface area contributed by atoms with E-state index < -0.39 is 0 Å². The summed E-state index contributed by atoms with van der Waals surface area (Å²) in [6.07, 6.45) is 4.98. The zero-order valence-corrected chi connectivity index (χ0v) is 11.5. The normalized spacial score (nSPS) is 18.1. The Balaban J connectivity index is 1.91. The summed E-state index contributed by atoms with van der Waals surface area (Å²) in [4.78, 5) is 11.1. The topological polar surface area (TPSA) is 38.7 Å². The van der Waals surface area contributed by atoms with E-state index in [1.807, 2.05) is 23.9 Å². The van der Waals surface area contributed by atoms with Gasteiger partial charge in [0.25, 0.3) is 0 Å². The molecule has 0 aromatic heterocycles. The Kier molecular flexibility index (Phi) is 4.92. The van der Waals surface area contributed by atoms with E-state index in [4.69, 9.17) is 9.78 Å². The maximum Gasteiger partial charge on any atom is 0.115 e. The van der Waals surface area contributed by atoms with Gasteiger partial charge >= 0.3 is 0 Å². The molecule has 0 unspecified atom stereocenters. The van der Waals surface area contributed by atoms with E-state index in [1.165, 1.54) is 30.6 Å². The highest BCUT2D eigenvalue weighted by Crippen LogP contribution is 2.42. The maximum atomic E-state index is 9.26. The number of benzene rings is 1. The second-order valence-corrected chi connectivity index (χ2v) is 5.97. The van der Waals surface area contributed by atoms with Crippen LogP contribution in [0.15, 0.2) is 29.2 Å². The van der Waals surface area contributed by atoms with Crippen LogP contribution in [0.1, 0.15) is 25.7 Å². The molecular weight excluding hydrogens is 248 g/mol. The summed E-state index contributed by atoms with van der Waals surface area (Å²) in [5, 5.41) is 9.26. The predicted molar refractivity (Wildman–Crippen MR) is 72.7 cm³/mol. The molecule has 0 radical (unpaired) electrons. The molecule has 0 spiro atoms. The molecule has 0 aliphatic heterocycles. The Morgan fingerprint density at radius 1 is 1.22 bits per heavy atom. The van der Waals surface area contributed by atoms with Crippen molar-refractivity contribution in [1.29, 1.82) is 0 Å². The highest BCUT2D eigenvalue weighted by Gasteiger charge is 2.34. The summed E-state index contributed by atoms with van der Waals surface area (Å²) in [6.45, 7) is 0.675. The van der Waals surface area contributed by atoms with Gasteiger partial charge in [0.2, 0.25) is 0 Å². The van der Waals surface area contributed by atoms with Crippen molar-refractivity contribution < 1.29 is 14.9 Å². The maximum absolute atomic E-state index is 9.26. The molecule has 0 saturated heterocycles. The highest BCUT2D eigenvalue weighted by molar-refractivity contribution is 7.99. The second-order valence-electron chi connectivity index (χ2n) is 4.92. The van der Waals surface area contributed by atoms with Gasteiger partial charge in [0.1, 0.15) is 5.75 Å². The van der Waals surface area contributed by atoms with Crippen LogP contribution < -0.4 is 0 Å². The number of aromatic hydroxyl groups is 1. The van der Waals surface area contributed by atoms with Crippen molar-refractivity contribution in [1.82, 2.24) is 0 Å². The summed E-state index contributed by atoms with van der Waals surface area (Å²) in [7, 11) is 1.57. The summed E-state index contributed by atoms with van der Waals surface area (Å²) in [5.74, 6) is 1.36. The summed E-state index contributed by atoms with van der Waals surface area (Å²) in [5.41, 5.74) is 0.249. The lowest BCUT2D eigenvalue weighted by Crippen LogP contribution is -2.26. The van der Waals surface area contributed by atoms with Crippen LogP contribution in [0.5, 0.6) is 5.75 Å². The number of rotatable bonds is 6. The van der Waals surface area contributed by atoms with Crippen molar-refractivity contribution in [2.24, 2.45) is 5.41 Å². The van der Waals surface area contributed by atoms with E-state index in [-0.39, 0.29) is 5.41 Å². The van der Waals surface area contributed by atoms with Gasteiger partial charge in [0, 0.05) is 16.1 Å². The molecule has 4 heteroatoms. The van der Waals surface area contributed by atoms with Gasteiger partial charge in [0.15, 0.2) is 0 Å². The number of phenols is 1. The van der Waals surface area contributed by atoms with Crippen LogP contribution in [-0.2, 0) is 9.78 Å². The average Bonchev–Trinajstić information content (AvgIpc) is 2.85. The van der Waals surface area contributed by atoms with Crippen LogP contribution >= 0.6 is 11.8 Å².